The molecule has 1 saturated heterocycles. The summed E-state index contributed by atoms with van der Waals surface area (Å²) in [5.41, 5.74) is 4.78. The summed E-state index contributed by atoms with van der Waals surface area (Å²) in [7, 11) is 0. The second-order valence-electron chi connectivity index (χ2n) is 8.41. The first kappa shape index (κ1) is 22.4. The number of aromatic nitrogens is 4. The van der Waals surface area contributed by atoms with Crippen molar-refractivity contribution >= 4 is 17.1 Å². The number of imidazole rings is 1. The third kappa shape index (κ3) is 4.41. The van der Waals surface area contributed by atoms with E-state index >= 15 is 0 Å². The average molecular weight is 421 g/mol. The summed E-state index contributed by atoms with van der Waals surface area (Å²) in [6.07, 6.45) is 1.45. The SMILES string of the molecule is C=C[C@]1(COCC(C)C)O[C@@H](n2cnc3c(=O)[nH]c(N)nc32)C[C@@H]1OC(O)C(C)C. The number of H-pyrrole nitrogens is 1. The van der Waals surface area contributed by atoms with Crippen molar-refractivity contribution in [3.8, 4) is 0 Å². The van der Waals surface area contributed by atoms with Gasteiger partial charge < -0.3 is 25.1 Å². The van der Waals surface area contributed by atoms with Crippen LogP contribution in [0, 0.1) is 11.8 Å². The highest BCUT2D eigenvalue weighted by Gasteiger charge is 2.50. The number of hydrogen-bond donors (Lipinski definition) is 3. The first-order valence-corrected chi connectivity index (χ1v) is 10.1. The lowest BCUT2D eigenvalue weighted by atomic mass is 9.97. The van der Waals surface area contributed by atoms with Crippen LogP contribution in [0.1, 0.15) is 40.3 Å². The van der Waals surface area contributed by atoms with E-state index < -0.39 is 29.8 Å². The molecule has 0 aliphatic carbocycles. The first-order chi connectivity index (χ1) is 14.2. The van der Waals surface area contributed by atoms with Crippen LogP contribution < -0.4 is 11.3 Å². The number of nitrogens with one attached hydrogen (secondary N) is 1. The Hall–Kier alpha value is -2.27. The van der Waals surface area contributed by atoms with Crippen molar-refractivity contribution in [3.05, 3.63) is 29.3 Å². The number of aromatic amines is 1. The Morgan fingerprint density at radius 3 is 2.87 bits per heavy atom. The van der Waals surface area contributed by atoms with Gasteiger partial charge in [0.15, 0.2) is 17.5 Å². The lowest BCUT2D eigenvalue weighted by molar-refractivity contribution is -0.197. The Kier molecular flexibility index (Phi) is 6.61. The van der Waals surface area contributed by atoms with Crippen LogP contribution in [0.4, 0.5) is 5.95 Å². The van der Waals surface area contributed by atoms with Gasteiger partial charge in [0.05, 0.1) is 19.0 Å². The van der Waals surface area contributed by atoms with Crippen molar-refractivity contribution in [3.63, 3.8) is 0 Å². The maximum Gasteiger partial charge on any atom is 0.280 e. The molecule has 0 bridgehead atoms. The fourth-order valence-electron chi connectivity index (χ4n) is 3.40. The molecule has 0 radical (unpaired) electrons. The van der Waals surface area contributed by atoms with Crippen molar-refractivity contribution in [1.82, 2.24) is 19.5 Å². The number of rotatable bonds is 9. The number of anilines is 1. The summed E-state index contributed by atoms with van der Waals surface area (Å²) in [4.78, 5) is 22.9. The predicted molar refractivity (Wildman–Crippen MR) is 112 cm³/mol. The van der Waals surface area contributed by atoms with E-state index in [2.05, 4.69) is 35.4 Å². The minimum absolute atomic E-state index is 0.00877. The molecule has 1 fully saturated rings. The third-order valence-electron chi connectivity index (χ3n) is 5.08. The summed E-state index contributed by atoms with van der Waals surface area (Å²) in [6, 6.07) is 0. The highest BCUT2D eigenvalue weighted by atomic mass is 16.6. The Bertz CT molecular complexity index is 939. The monoisotopic (exact) mass is 421 g/mol. The lowest BCUT2D eigenvalue weighted by Crippen LogP contribution is -2.46. The van der Waals surface area contributed by atoms with Gasteiger partial charge in [-0.15, -0.1) is 6.58 Å². The molecule has 2 aromatic heterocycles. The fraction of sp³-hybridized carbons (Fsp3) is 0.650. The van der Waals surface area contributed by atoms with Crippen LogP contribution in [0.25, 0.3) is 11.2 Å². The molecule has 4 N–H and O–H groups in total. The molecule has 0 amide bonds. The molecule has 4 atom stereocenters. The number of nitrogens with two attached hydrogens (primary N) is 1. The molecule has 0 saturated carbocycles. The Balaban J connectivity index is 1.94. The topological polar surface area (TPSA) is 138 Å². The van der Waals surface area contributed by atoms with Gasteiger partial charge in [-0.3, -0.25) is 14.3 Å². The second-order valence-corrected chi connectivity index (χ2v) is 8.41. The van der Waals surface area contributed by atoms with E-state index in [4.69, 9.17) is 19.9 Å². The van der Waals surface area contributed by atoms with Crippen molar-refractivity contribution < 1.29 is 19.3 Å². The van der Waals surface area contributed by atoms with Gasteiger partial charge in [0.2, 0.25) is 5.95 Å². The fourth-order valence-corrected chi connectivity index (χ4v) is 3.40. The smallest absolute Gasteiger partial charge is 0.280 e. The zero-order valence-corrected chi connectivity index (χ0v) is 17.9. The van der Waals surface area contributed by atoms with Gasteiger partial charge in [0, 0.05) is 18.9 Å². The van der Waals surface area contributed by atoms with E-state index in [-0.39, 0.29) is 24.0 Å². The van der Waals surface area contributed by atoms with Crippen LogP contribution in [0.15, 0.2) is 23.8 Å². The lowest BCUT2D eigenvalue weighted by Gasteiger charge is -2.33. The maximum absolute atomic E-state index is 12.1. The molecule has 0 aromatic carbocycles. The predicted octanol–water partition coefficient (Wildman–Crippen LogP) is 1.58. The highest BCUT2D eigenvalue weighted by Crippen LogP contribution is 2.41. The zero-order chi connectivity index (χ0) is 22.1. The minimum Gasteiger partial charge on any atom is -0.378 e. The van der Waals surface area contributed by atoms with Gasteiger partial charge in [-0.1, -0.05) is 33.8 Å². The van der Waals surface area contributed by atoms with E-state index in [0.717, 1.165) is 0 Å². The number of nitrogens with zero attached hydrogens (tertiary/aromatic N) is 3. The van der Waals surface area contributed by atoms with Crippen molar-refractivity contribution in [1.29, 1.82) is 0 Å². The van der Waals surface area contributed by atoms with Crippen LogP contribution in [0.3, 0.4) is 0 Å². The molecular formula is C20H31N5O5. The van der Waals surface area contributed by atoms with Crippen molar-refractivity contribution in [2.24, 2.45) is 11.8 Å². The number of hydrogen-bond acceptors (Lipinski definition) is 8. The molecule has 1 aliphatic rings. The third-order valence-corrected chi connectivity index (χ3v) is 5.08. The molecule has 2 aromatic rings. The number of aliphatic hydroxyl groups is 1. The molecule has 166 valence electrons. The first-order valence-electron chi connectivity index (χ1n) is 10.1. The Labute approximate surface area is 175 Å². The number of ether oxygens (including phenoxy) is 3. The molecule has 30 heavy (non-hydrogen) atoms. The van der Waals surface area contributed by atoms with Crippen LogP contribution >= 0.6 is 0 Å². The summed E-state index contributed by atoms with van der Waals surface area (Å²) in [5, 5.41) is 10.3. The molecule has 1 aliphatic heterocycles. The van der Waals surface area contributed by atoms with Crippen LogP contribution in [0.2, 0.25) is 0 Å². The molecule has 10 nitrogen and oxygen atoms in total. The van der Waals surface area contributed by atoms with Crippen LogP contribution in [0.5, 0.6) is 0 Å². The number of nitrogen functional groups attached to an aromatic ring is 1. The molecular weight excluding hydrogens is 390 g/mol. The molecule has 3 rings (SSSR count). The van der Waals surface area contributed by atoms with Crippen molar-refractivity contribution in [2.45, 2.75) is 58.3 Å². The van der Waals surface area contributed by atoms with E-state index in [1.807, 2.05) is 13.8 Å². The van der Waals surface area contributed by atoms with Gasteiger partial charge in [0.25, 0.3) is 5.56 Å². The normalized spacial score (nSPS) is 25.4. The van der Waals surface area contributed by atoms with Gasteiger partial charge in [-0.05, 0) is 5.92 Å². The van der Waals surface area contributed by atoms with E-state index in [1.54, 1.807) is 10.6 Å². The van der Waals surface area contributed by atoms with Gasteiger partial charge in [-0.25, -0.2) is 4.98 Å². The second kappa shape index (κ2) is 8.84. The summed E-state index contributed by atoms with van der Waals surface area (Å²) >= 11 is 0. The average Bonchev–Trinajstić information content (AvgIpc) is 3.23. The summed E-state index contributed by atoms with van der Waals surface area (Å²) in [6.45, 7) is 12.5. The Morgan fingerprint density at radius 2 is 2.23 bits per heavy atom. The molecule has 0 spiro atoms. The quantitative estimate of drug-likeness (QED) is 0.410. The van der Waals surface area contributed by atoms with E-state index in [1.165, 1.54) is 6.33 Å². The van der Waals surface area contributed by atoms with Gasteiger partial charge >= 0.3 is 0 Å². The summed E-state index contributed by atoms with van der Waals surface area (Å²) < 4.78 is 19.8. The van der Waals surface area contributed by atoms with Gasteiger partial charge in [-0.2, -0.15) is 4.98 Å². The van der Waals surface area contributed by atoms with E-state index in [0.29, 0.717) is 24.6 Å². The van der Waals surface area contributed by atoms with Crippen LogP contribution in [-0.2, 0) is 14.2 Å². The zero-order valence-electron chi connectivity index (χ0n) is 17.9. The minimum atomic E-state index is -0.987. The summed E-state index contributed by atoms with van der Waals surface area (Å²) in [5.74, 6) is 0.240. The highest BCUT2D eigenvalue weighted by molar-refractivity contribution is 5.70. The number of fused-ring (bicyclic) bond motifs is 1. The Morgan fingerprint density at radius 1 is 1.50 bits per heavy atom. The molecule has 3 heterocycles. The molecule has 10 heteroatoms. The van der Waals surface area contributed by atoms with Gasteiger partial charge in [0.1, 0.15) is 11.8 Å². The number of aliphatic hydroxyl groups excluding tert-OH is 1. The molecule has 1 unspecified atom stereocenters. The maximum atomic E-state index is 12.1. The van der Waals surface area contributed by atoms with Crippen molar-refractivity contribution in [2.75, 3.05) is 18.9 Å². The largest absolute Gasteiger partial charge is 0.378 e. The van der Waals surface area contributed by atoms with E-state index in [9.17, 15) is 9.90 Å². The van der Waals surface area contributed by atoms with Crippen LogP contribution in [-0.4, -0.2) is 55.8 Å². The standard InChI is InChI=1S/C20H31N5O5/c1-6-20(9-28-8-11(2)3)13(29-18(27)12(4)5)7-14(30-20)25-10-22-15-16(25)23-19(21)24-17(15)26/h6,10-14,18,27H,1,7-9H2,2-5H3,(H3,21,23,24,26)/t13-,14+,18?,20+/m0/s1.